The van der Waals surface area contributed by atoms with Crippen LogP contribution in [0.15, 0.2) is 30.5 Å². The molecule has 1 N–H and O–H groups in total. The van der Waals surface area contributed by atoms with E-state index in [1.54, 1.807) is 5.94 Å². The number of benzene rings is 1. The van der Waals surface area contributed by atoms with Crippen molar-refractivity contribution >= 4 is 11.6 Å². The lowest BCUT2D eigenvalue weighted by atomic mass is 10.3. The van der Waals surface area contributed by atoms with E-state index in [-0.39, 0.29) is 0 Å². The Labute approximate surface area is 77.0 Å². The smallest absolute Gasteiger partial charge is 0.142 e. The summed E-state index contributed by atoms with van der Waals surface area (Å²) in [4.78, 5) is 9.88. The van der Waals surface area contributed by atoms with Crippen molar-refractivity contribution in [3.63, 3.8) is 0 Å². The van der Waals surface area contributed by atoms with Gasteiger partial charge in [0.25, 0.3) is 0 Å². The third kappa shape index (κ3) is 3.01. The summed E-state index contributed by atoms with van der Waals surface area (Å²) >= 11 is 0. The first-order valence-electron chi connectivity index (χ1n) is 4.05. The molecule has 0 spiro atoms. The van der Waals surface area contributed by atoms with Gasteiger partial charge < -0.3 is 10.1 Å². The molecule has 3 nitrogen and oxygen atoms in total. The predicted molar refractivity (Wildman–Crippen MR) is 51.5 cm³/mol. The highest BCUT2D eigenvalue weighted by atomic mass is 16.5. The van der Waals surface area contributed by atoms with Gasteiger partial charge in [-0.05, 0) is 31.2 Å². The minimum absolute atomic E-state index is 0.654. The van der Waals surface area contributed by atoms with Crippen LogP contribution in [-0.2, 0) is 4.79 Å². The summed E-state index contributed by atoms with van der Waals surface area (Å²) in [5.74, 6) is 2.46. The van der Waals surface area contributed by atoms with Gasteiger partial charge >= 0.3 is 0 Å². The molecule has 0 amide bonds. The van der Waals surface area contributed by atoms with Crippen molar-refractivity contribution in [2.24, 2.45) is 0 Å². The number of ether oxygens (including phenoxy) is 1. The molecule has 1 aromatic rings. The molecule has 0 aliphatic carbocycles. The highest BCUT2D eigenvalue weighted by Gasteiger charge is 1.91. The fourth-order valence-electron chi connectivity index (χ4n) is 0.927. The highest BCUT2D eigenvalue weighted by Crippen LogP contribution is 2.15. The maximum atomic E-state index is 9.88. The number of nitrogens with one attached hydrogen (secondary N) is 1. The molecule has 0 aliphatic rings. The molecule has 3 heteroatoms. The number of rotatable bonds is 4. The molecule has 0 bridgehead atoms. The second kappa shape index (κ2) is 5.01. The molecule has 0 fully saturated rings. The zero-order valence-corrected chi connectivity index (χ0v) is 7.41. The van der Waals surface area contributed by atoms with Crippen molar-refractivity contribution in [1.29, 1.82) is 0 Å². The maximum absolute atomic E-state index is 9.88. The summed E-state index contributed by atoms with van der Waals surface area (Å²) in [5, 5.41) is 2.76. The second-order valence-corrected chi connectivity index (χ2v) is 2.36. The van der Waals surface area contributed by atoms with E-state index in [2.05, 4.69) is 5.32 Å². The van der Waals surface area contributed by atoms with Crippen LogP contribution in [0.1, 0.15) is 6.92 Å². The highest BCUT2D eigenvalue weighted by molar-refractivity contribution is 5.56. The molecule has 1 aromatic carbocycles. The standard InChI is InChI=1S/C10H11NO2/c1-2-13-10-5-3-9(4-6-10)11-7-8-12/h3-7,11H,2H2,1H3. The van der Waals surface area contributed by atoms with Crippen LogP contribution in [0.25, 0.3) is 0 Å². The molecule has 0 unspecified atom stereocenters. The number of anilines is 1. The third-order valence-electron chi connectivity index (χ3n) is 1.46. The van der Waals surface area contributed by atoms with Crippen molar-refractivity contribution in [3.8, 4) is 5.75 Å². The molecule has 0 aliphatic heterocycles. The summed E-state index contributed by atoms with van der Waals surface area (Å²) < 4.78 is 5.25. The van der Waals surface area contributed by atoms with Gasteiger partial charge in [-0.1, -0.05) is 0 Å². The van der Waals surface area contributed by atoms with Crippen molar-refractivity contribution in [2.45, 2.75) is 6.92 Å². The quantitative estimate of drug-likeness (QED) is 0.713. The number of carbonyl (C=O) groups excluding carboxylic acids is 1. The van der Waals surface area contributed by atoms with Crippen LogP contribution in [0.3, 0.4) is 0 Å². The fraction of sp³-hybridized carbons (Fsp3) is 0.200. The molecular weight excluding hydrogens is 166 g/mol. The van der Waals surface area contributed by atoms with Crippen LogP contribution in [0.2, 0.25) is 0 Å². The molecule has 0 aromatic heterocycles. The van der Waals surface area contributed by atoms with Crippen LogP contribution in [0, 0.1) is 0 Å². The summed E-state index contributed by atoms with van der Waals surface area (Å²) in [6.45, 7) is 2.59. The molecule has 68 valence electrons. The van der Waals surface area contributed by atoms with E-state index in [1.807, 2.05) is 31.2 Å². The van der Waals surface area contributed by atoms with E-state index >= 15 is 0 Å². The predicted octanol–water partition coefficient (Wildman–Crippen LogP) is 1.84. The van der Waals surface area contributed by atoms with Crippen LogP contribution in [0.5, 0.6) is 5.75 Å². The average molecular weight is 177 g/mol. The van der Waals surface area contributed by atoms with Crippen molar-refractivity contribution in [3.05, 3.63) is 30.5 Å². The third-order valence-corrected chi connectivity index (χ3v) is 1.46. The van der Waals surface area contributed by atoms with Crippen LogP contribution in [0.4, 0.5) is 5.69 Å². The first-order valence-corrected chi connectivity index (χ1v) is 4.05. The maximum Gasteiger partial charge on any atom is 0.142 e. The number of hydrogen-bond donors (Lipinski definition) is 1. The summed E-state index contributed by atoms with van der Waals surface area (Å²) in [6.07, 6.45) is 1.22. The lowest BCUT2D eigenvalue weighted by molar-refractivity contribution is 0.340. The molecule has 0 atom stereocenters. The van der Waals surface area contributed by atoms with Crippen LogP contribution in [-0.4, -0.2) is 12.5 Å². The van der Waals surface area contributed by atoms with Crippen LogP contribution < -0.4 is 10.1 Å². The van der Waals surface area contributed by atoms with E-state index in [1.165, 1.54) is 6.20 Å². The Balaban J connectivity index is 2.63. The lowest BCUT2D eigenvalue weighted by Crippen LogP contribution is -1.92. The Morgan fingerprint density at radius 1 is 1.46 bits per heavy atom. The lowest BCUT2D eigenvalue weighted by Gasteiger charge is -2.03. The van der Waals surface area contributed by atoms with Crippen molar-refractivity contribution < 1.29 is 9.53 Å². The molecule has 0 radical (unpaired) electrons. The monoisotopic (exact) mass is 177 g/mol. The summed E-state index contributed by atoms with van der Waals surface area (Å²) in [6, 6.07) is 7.34. The fourth-order valence-corrected chi connectivity index (χ4v) is 0.927. The zero-order valence-electron chi connectivity index (χ0n) is 7.41. The van der Waals surface area contributed by atoms with E-state index in [4.69, 9.17) is 4.74 Å². The van der Waals surface area contributed by atoms with E-state index in [0.717, 1.165) is 11.4 Å². The van der Waals surface area contributed by atoms with Gasteiger partial charge in [-0.2, -0.15) is 0 Å². The van der Waals surface area contributed by atoms with Crippen molar-refractivity contribution in [2.75, 3.05) is 11.9 Å². The van der Waals surface area contributed by atoms with Gasteiger partial charge in [-0.3, -0.25) is 0 Å². The van der Waals surface area contributed by atoms with Gasteiger partial charge in [0.1, 0.15) is 11.7 Å². The van der Waals surface area contributed by atoms with Gasteiger partial charge in [0.15, 0.2) is 0 Å². The van der Waals surface area contributed by atoms with E-state index < -0.39 is 0 Å². The number of hydrogen-bond acceptors (Lipinski definition) is 3. The summed E-state index contributed by atoms with van der Waals surface area (Å²) in [7, 11) is 0. The minimum Gasteiger partial charge on any atom is -0.494 e. The first-order chi connectivity index (χ1) is 6.36. The Bertz CT molecular complexity index is 299. The molecule has 0 saturated carbocycles. The van der Waals surface area contributed by atoms with Gasteiger partial charge in [-0.25, -0.2) is 4.79 Å². The van der Waals surface area contributed by atoms with Gasteiger partial charge in [-0.15, -0.1) is 0 Å². The molecule has 1 rings (SSSR count). The van der Waals surface area contributed by atoms with Crippen LogP contribution >= 0.6 is 0 Å². The Hall–Kier alpha value is -1.73. The zero-order chi connectivity index (χ0) is 9.52. The summed E-state index contributed by atoms with van der Waals surface area (Å²) in [5.41, 5.74) is 0.840. The SMILES string of the molecule is CCOc1ccc(NC=C=O)cc1. The molecule has 13 heavy (non-hydrogen) atoms. The molecular formula is C10H11NO2. The molecule has 0 saturated heterocycles. The van der Waals surface area contributed by atoms with E-state index in [0.29, 0.717) is 6.61 Å². The Kier molecular flexibility index (Phi) is 3.61. The normalized spacial score (nSPS) is 8.69. The van der Waals surface area contributed by atoms with Crippen molar-refractivity contribution in [1.82, 2.24) is 0 Å². The first kappa shape index (κ1) is 9.36. The second-order valence-electron chi connectivity index (χ2n) is 2.36. The Morgan fingerprint density at radius 2 is 2.15 bits per heavy atom. The molecule has 0 heterocycles. The van der Waals surface area contributed by atoms with Gasteiger partial charge in [0.2, 0.25) is 0 Å². The minimum atomic E-state index is 0.654. The topological polar surface area (TPSA) is 38.3 Å². The largest absolute Gasteiger partial charge is 0.494 e. The van der Waals surface area contributed by atoms with Gasteiger partial charge in [0.05, 0.1) is 12.8 Å². The van der Waals surface area contributed by atoms with E-state index in [9.17, 15) is 4.79 Å². The Morgan fingerprint density at radius 3 is 2.69 bits per heavy atom. The van der Waals surface area contributed by atoms with Gasteiger partial charge in [0, 0.05) is 5.69 Å². The average Bonchev–Trinajstić information content (AvgIpc) is 2.17.